The Kier molecular flexibility index (Phi) is 9.96. The van der Waals surface area contributed by atoms with Gasteiger partial charge in [0.1, 0.15) is 0 Å². The van der Waals surface area contributed by atoms with Crippen LogP contribution in [0, 0.1) is 16.0 Å². The second-order valence-corrected chi connectivity index (χ2v) is 12.5. The molecule has 0 aliphatic carbocycles. The molecule has 3 aromatic carbocycles. The van der Waals surface area contributed by atoms with Gasteiger partial charge in [-0.2, -0.15) is 0 Å². The first kappa shape index (κ1) is 32.6. The summed E-state index contributed by atoms with van der Waals surface area (Å²) in [6.45, 7) is 5.47. The monoisotopic (exact) mass is 648 g/mol. The third-order valence-corrected chi connectivity index (χ3v) is 9.31. The molecule has 6 rings (SSSR count). The first-order chi connectivity index (χ1) is 23.3. The molecule has 2 saturated heterocycles. The summed E-state index contributed by atoms with van der Waals surface area (Å²) in [4.78, 5) is 48.4. The van der Waals surface area contributed by atoms with E-state index in [0.717, 1.165) is 39.5 Å². The number of piperazine rings is 1. The predicted octanol–water partition coefficient (Wildman–Crippen LogP) is 5.38. The van der Waals surface area contributed by atoms with Crippen molar-refractivity contribution in [3.63, 3.8) is 0 Å². The Bertz CT molecular complexity index is 1810. The number of aliphatic carboxylic acids is 1. The maximum absolute atomic E-state index is 14.3. The lowest BCUT2D eigenvalue weighted by Gasteiger charge is -2.42. The average molecular weight is 649 g/mol. The number of rotatable bonds is 10. The number of benzene rings is 3. The van der Waals surface area contributed by atoms with Crippen molar-refractivity contribution in [1.29, 1.82) is 0 Å². The number of pyridine rings is 1. The van der Waals surface area contributed by atoms with E-state index in [1.165, 1.54) is 0 Å². The number of fused-ring (bicyclic) bond motifs is 1. The summed E-state index contributed by atoms with van der Waals surface area (Å²) in [6, 6.07) is 27.3. The Balaban J connectivity index is 1.31. The highest BCUT2D eigenvalue weighted by Gasteiger charge is 2.32. The molecule has 2 N–H and O–H groups in total. The van der Waals surface area contributed by atoms with Crippen molar-refractivity contribution < 1.29 is 19.6 Å². The summed E-state index contributed by atoms with van der Waals surface area (Å²) in [5, 5.41) is 25.3. The second kappa shape index (κ2) is 14.6. The maximum atomic E-state index is 14.3. The Morgan fingerprint density at radius 1 is 0.958 bits per heavy atom. The quantitative estimate of drug-likeness (QED) is 0.172. The normalized spacial score (nSPS) is 18.0. The SMILES string of the molecule is C[C@H](NC(=O)c1c(CN2CCN(C(=C[N+](=O)[O-])N3CCCC(C(=O)O)C3)CC2)c(-c2ccccc2)nc2ccccc12)c1ccccc1. The molecule has 1 unspecified atom stereocenters. The fraction of sp³-hybridized carbons (Fsp3) is 0.324. The number of carbonyl (C=O) groups is 2. The molecule has 4 aromatic rings. The number of likely N-dealkylation sites (tertiary alicyclic amines) is 1. The predicted molar refractivity (Wildman–Crippen MR) is 183 cm³/mol. The molecule has 0 bridgehead atoms. The molecule has 1 aromatic heterocycles. The molecular weight excluding hydrogens is 608 g/mol. The van der Waals surface area contributed by atoms with Crippen LogP contribution in [0.25, 0.3) is 22.2 Å². The molecule has 0 spiro atoms. The number of hydrogen-bond acceptors (Lipinski definition) is 8. The number of nitro groups is 1. The van der Waals surface area contributed by atoms with Gasteiger partial charge in [-0.3, -0.25) is 24.6 Å². The van der Waals surface area contributed by atoms with E-state index in [9.17, 15) is 24.8 Å². The highest BCUT2D eigenvalue weighted by atomic mass is 16.6. The van der Waals surface area contributed by atoms with Gasteiger partial charge in [0.15, 0.2) is 5.82 Å². The van der Waals surface area contributed by atoms with E-state index in [1.807, 2.05) is 102 Å². The van der Waals surface area contributed by atoms with Crippen molar-refractivity contribution in [2.75, 3.05) is 39.3 Å². The second-order valence-electron chi connectivity index (χ2n) is 12.5. The molecule has 11 heteroatoms. The minimum absolute atomic E-state index is 0.176. The van der Waals surface area contributed by atoms with Gasteiger partial charge in [-0.1, -0.05) is 78.9 Å². The van der Waals surface area contributed by atoms with Crippen molar-refractivity contribution in [3.05, 3.63) is 124 Å². The summed E-state index contributed by atoms with van der Waals surface area (Å²) in [7, 11) is 0. The van der Waals surface area contributed by atoms with E-state index in [4.69, 9.17) is 4.98 Å². The van der Waals surface area contributed by atoms with E-state index in [-0.39, 0.29) is 18.5 Å². The largest absolute Gasteiger partial charge is 0.481 e. The first-order valence-electron chi connectivity index (χ1n) is 16.4. The molecule has 0 saturated carbocycles. The molecule has 0 radical (unpaired) electrons. The molecular formula is C37H40N6O5. The highest BCUT2D eigenvalue weighted by Crippen LogP contribution is 2.33. The van der Waals surface area contributed by atoms with Gasteiger partial charge in [-0.25, -0.2) is 4.98 Å². The van der Waals surface area contributed by atoms with Crippen LogP contribution < -0.4 is 5.32 Å². The van der Waals surface area contributed by atoms with Crippen molar-refractivity contribution in [3.8, 4) is 11.3 Å². The van der Waals surface area contributed by atoms with Gasteiger partial charge in [0.25, 0.3) is 12.1 Å². The van der Waals surface area contributed by atoms with Gasteiger partial charge >= 0.3 is 5.97 Å². The lowest BCUT2D eigenvalue weighted by Crippen LogP contribution is -2.50. The van der Waals surface area contributed by atoms with Crippen molar-refractivity contribution >= 4 is 22.8 Å². The zero-order chi connectivity index (χ0) is 33.6. The van der Waals surface area contributed by atoms with Crippen molar-refractivity contribution in [1.82, 2.24) is 25.0 Å². The van der Waals surface area contributed by atoms with Gasteiger partial charge in [0.05, 0.1) is 33.7 Å². The fourth-order valence-corrected chi connectivity index (χ4v) is 6.80. The number of hydrogen-bond donors (Lipinski definition) is 2. The van der Waals surface area contributed by atoms with Crippen LogP contribution >= 0.6 is 0 Å². The van der Waals surface area contributed by atoms with Gasteiger partial charge in [-0.15, -0.1) is 0 Å². The minimum Gasteiger partial charge on any atom is -0.481 e. The van der Waals surface area contributed by atoms with Gasteiger partial charge in [0, 0.05) is 62.3 Å². The van der Waals surface area contributed by atoms with Gasteiger partial charge < -0.3 is 20.2 Å². The zero-order valence-electron chi connectivity index (χ0n) is 27.0. The van der Waals surface area contributed by atoms with Crippen LogP contribution in [0.15, 0.2) is 97.0 Å². The lowest BCUT2D eigenvalue weighted by atomic mass is 9.95. The average Bonchev–Trinajstić information content (AvgIpc) is 3.11. The van der Waals surface area contributed by atoms with Crippen LogP contribution in [0.2, 0.25) is 0 Å². The van der Waals surface area contributed by atoms with Gasteiger partial charge in [0.2, 0.25) is 0 Å². The summed E-state index contributed by atoms with van der Waals surface area (Å²) < 4.78 is 0. The number of carbonyl (C=O) groups excluding carboxylic acids is 1. The number of nitrogens with zero attached hydrogens (tertiary/aromatic N) is 5. The van der Waals surface area contributed by atoms with Crippen LogP contribution in [-0.2, 0) is 11.3 Å². The van der Waals surface area contributed by atoms with Crippen LogP contribution in [0.1, 0.15) is 47.3 Å². The standard InChI is InChI=1S/C37H40N6O5/c1-26(27-11-4-2-5-12-27)38-36(44)34-30-16-8-9-17-32(30)39-35(28-13-6-3-7-14-28)31(34)24-40-19-21-41(22-20-40)33(25-43(47)48)42-18-10-15-29(23-42)37(45)46/h2-9,11-14,16-17,25-26,29H,10,15,18-24H2,1H3,(H,38,44)(H,45,46)/t26-,29?/m0/s1. The summed E-state index contributed by atoms with van der Waals surface area (Å²) in [5.74, 6) is -1.15. The molecule has 2 atom stereocenters. The minimum atomic E-state index is -0.874. The molecule has 3 heterocycles. The van der Waals surface area contributed by atoms with E-state index < -0.39 is 16.8 Å². The molecule has 48 heavy (non-hydrogen) atoms. The Hall–Kier alpha value is -5.29. The molecule has 2 aliphatic heterocycles. The number of aromatic nitrogens is 1. The molecule has 2 aliphatic rings. The number of carboxylic acid groups (broad SMARTS) is 1. The third kappa shape index (κ3) is 7.31. The molecule has 2 fully saturated rings. The van der Waals surface area contributed by atoms with Crippen molar-refractivity contribution in [2.45, 2.75) is 32.4 Å². The topological polar surface area (TPSA) is 132 Å². The molecule has 1 amide bonds. The molecule has 248 valence electrons. The Labute approximate surface area is 279 Å². The van der Waals surface area contributed by atoms with Crippen LogP contribution in [0.5, 0.6) is 0 Å². The lowest BCUT2D eigenvalue weighted by molar-refractivity contribution is -0.405. The third-order valence-electron chi connectivity index (χ3n) is 9.31. The first-order valence-corrected chi connectivity index (χ1v) is 16.4. The fourth-order valence-electron chi connectivity index (χ4n) is 6.80. The smallest absolute Gasteiger partial charge is 0.308 e. The summed E-state index contributed by atoms with van der Waals surface area (Å²) >= 11 is 0. The van der Waals surface area contributed by atoms with E-state index in [1.54, 1.807) is 0 Å². The Morgan fingerprint density at radius 2 is 1.62 bits per heavy atom. The van der Waals surface area contributed by atoms with Crippen LogP contribution in [0.3, 0.4) is 0 Å². The summed E-state index contributed by atoms with van der Waals surface area (Å²) in [5.41, 5.74) is 4.82. The number of piperidine rings is 1. The summed E-state index contributed by atoms with van der Waals surface area (Å²) in [6.07, 6.45) is 2.24. The van der Waals surface area contributed by atoms with E-state index >= 15 is 0 Å². The van der Waals surface area contributed by atoms with Crippen LogP contribution in [-0.4, -0.2) is 80.9 Å². The van der Waals surface area contributed by atoms with Crippen molar-refractivity contribution in [2.24, 2.45) is 5.92 Å². The molecule has 11 nitrogen and oxygen atoms in total. The maximum Gasteiger partial charge on any atom is 0.308 e. The number of amides is 1. The van der Waals surface area contributed by atoms with Crippen LogP contribution in [0.4, 0.5) is 0 Å². The Morgan fingerprint density at radius 3 is 2.31 bits per heavy atom. The highest BCUT2D eigenvalue weighted by molar-refractivity contribution is 6.09. The van der Waals surface area contributed by atoms with Gasteiger partial charge in [-0.05, 0) is 31.4 Å². The van der Waals surface area contributed by atoms with E-state index in [0.29, 0.717) is 63.5 Å². The zero-order valence-corrected chi connectivity index (χ0v) is 27.0. The number of nitrogens with one attached hydrogen (secondary N) is 1. The van der Waals surface area contributed by atoms with E-state index in [2.05, 4.69) is 10.2 Å². The number of carboxylic acids is 1. The number of para-hydroxylation sites is 1.